The minimum absolute atomic E-state index is 0.0303. The summed E-state index contributed by atoms with van der Waals surface area (Å²) in [5, 5.41) is 3.39. The van der Waals surface area contributed by atoms with Crippen LogP contribution >= 0.6 is 45.5 Å². The first-order chi connectivity index (χ1) is 8.65. The van der Waals surface area contributed by atoms with Crippen molar-refractivity contribution < 1.29 is 4.79 Å². The molecule has 0 aliphatic heterocycles. The normalized spacial score (nSPS) is 11.0. The van der Waals surface area contributed by atoms with E-state index in [1.807, 2.05) is 29.6 Å². The van der Waals surface area contributed by atoms with Crippen LogP contribution < -0.4 is 0 Å². The molecule has 5 heteroatoms. The molecular formula is C13H7ClINOS. The Bertz CT molecular complexity index is 746. The van der Waals surface area contributed by atoms with E-state index in [4.69, 9.17) is 11.6 Å². The Morgan fingerprint density at radius 1 is 1.33 bits per heavy atom. The van der Waals surface area contributed by atoms with Gasteiger partial charge in [-0.1, -0.05) is 11.6 Å². The van der Waals surface area contributed by atoms with E-state index in [0.29, 0.717) is 10.6 Å². The molecule has 0 aliphatic carbocycles. The fourth-order valence-electron chi connectivity index (χ4n) is 1.87. The van der Waals surface area contributed by atoms with Crippen molar-refractivity contribution in [2.45, 2.75) is 0 Å². The Hall–Kier alpha value is -0.850. The fraction of sp³-hybridized carbons (Fsp3) is 0. The highest BCUT2D eigenvalue weighted by Crippen LogP contribution is 2.26. The molecule has 18 heavy (non-hydrogen) atoms. The third kappa shape index (κ3) is 2.08. The molecule has 0 saturated carbocycles. The molecule has 0 amide bonds. The molecule has 0 aliphatic rings. The van der Waals surface area contributed by atoms with Crippen molar-refractivity contribution in [1.82, 2.24) is 4.98 Å². The maximum absolute atomic E-state index is 12.4. The smallest absolute Gasteiger partial charge is 0.196 e. The van der Waals surface area contributed by atoms with E-state index in [1.54, 1.807) is 17.5 Å². The lowest BCUT2D eigenvalue weighted by Gasteiger charge is -1.97. The Labute approximate surface area is 126 Å². The zero-order valence-corrected chi connectivity index (χ0v) is 12.8. The summed E-state index contributed by atoms with van der Waals surface area (Å²) >= 11 is 9.76. The zero-order chi connectivity index (χ0) is 12.7. The topological polar surface area (TPSA) is 32.9 Å². The number of hydrogen-bond acceptors (Lipinski definition) is 2. The number of halogens is 2. The third-order valence-corrected chi connectivity index (χ3v) is 4.74. The van der Waals surface area contributed by atoms with Gasteiger partial charge < -0.3 is 4.98 Å². The van der Waals surface area contributed by atoms with Gasteiger partial charge in [0.2, 0.25) is 0 Å². The predicted octanol–water partition coefficient (Wildman–Crippen LogP) is 4.72. The number of aromatic amines is 1. The lowest BCUT2D eigenvalue weighted by Crippen LogP contribution is -1.97. The molecule has 3 rings (SSSR count). The summed E-state index contributed by atoms with van der Waals surface area (Å²) in [7, 11) is 0. The molecule has 1 aromatic carbocycles. The number of benzene rings is 1. The number of aromatic nitrogens is 1. The van der Waals surface area contributed by atoms with E-state index in [2.05, 4.69) is 27.6 Å². The van der Waals surface area contributed by atoms with Crippen LogP contribution in [0, 0.1) is 2.88 Å². The Morgan fingerprint density at radius 2 is 2.17 bits per heavy atom. The number of ketones is 1. The highest BCUT2D eigenvalue weighted by atomic mass is 127. The minimum Gasteiger partial charge on any atom is -0.360 e. The van der Waals surface area contributed by atoms with Gasteiger partial charge in [-0.05, 0) is 46.9 Å². The highest BCUT2D eigenvalue weighted by Gasteiger charge is 2.15. The van der Waals surface area contributed by atoms with Crippen LogP contribution in [0.2, 0.25) is 5.02 Å². The van der Waals surface area contributed by atoms with Crippen molar-refractivity contribution in [2.75, 3.05) is 0 Å². The molecule has 0 fully saturated rings. The van der Waals surface area contributed by atoms with Crippen LogP contribution in [0.15, 0.2) is 35.8 Å². The lowest BCUT2D eigenvalue weighted by molar-refractivity contribution is 0.104. The van der Waals surface area contributed by atoms with Gasteiger partial charge in [0, 0.05) is 38.6 Å². The summed E-state index contributed by atoms with van der Waals surface area (Å²) in [5.41, 5.74) is 2.32. The molecular weight excluding hydrogens is 381 g/mol. The molecule has 1 N–H and O–H groups in total. The lowest BCUT2D eigenvalue weighted by atomic mass is 10.1. The summed E-state index contributed by atoms with van der Waals surface area (Å²) in [5.74, 6) is 0.0303. The molecule has 0 radical (unpaired) electrons. The minimum atomic E-state index is 0.0303. The summed E-state index contributed by atoms with van der Waals surface area (Å²) in [6, 6.07) is 7.41. The molecule has 2 aromatic heterocycles. The summed E-state index contributed by atoms with van der Waals surface area (Å²) in [4.78, 5) is 15.5. The van der Waals surface area contributed by atoms with Crippen molar-refractivity contribution in [3.8, 4) is 0 Å². The molecule has 3 aromatic rings. The number of hydrogen-bond donors (Lipinski definition) is 1. The second-order valence-corrected chi connectivity index (χ2v) is 7.10. The number of rotatable bonds is 2. The third-order valence-electron chi connectivity index (χ3n) is 2.72. The quantitative estimate of drug-likeness (QED) is 0.501. The molecule has 0 atom stereocenters. The predicted molar refractivity (Wildman–Crippen MR) is 83.8 cm³/mol. The highest BCUT2D eigenvalue weighted by molar-refractivity contribution is 14.1. The zero-order valence-electron chi connectivity index (χ0n) is 9.04. The molecule has 90 valence electrons. The van der Waals surface area contributed by atoms with Gasteiger partial charge in [0.05, 0.1) is 2.88 Å². The van der Waals surface area contributed by atoms with Crippen LogP contribution in [-0.4, -0.2) is 10.8 Å². The van der Waals surface area contributed by atoms with E-state index < -0.39 is 0 Å². The van der Waals surface area contributed by atoms with Gasteiger partial charge >= 0.3 is 0 Å². The standard InChI is InChI=1S/C13H7ClINOS/c14-8-1-2-11-9(4-8)10(5-16-11)13(17)7-3-12(15)18-6-7/h1-6,16H. The molecule has 0 bridgehead atoms. The van der Waals surface area contributed by atoms with E-state index in [-0.39, 0.29) is 5.78 Å². The first-order valence-electron chi connectivity index (χ1n) is 5.20. The summed E-state index contributed by atoms with van der Waals surface area (Å²) < 4.78 is 1.11. The van der Waals surface area contributed by atoms with E-state index >= 15 is 0 Å². The largest absolute Gasteiger partial charge is 0.360 e. The van der Waals surface area contributed by atoms with Crippen molar-refractivity contribution in [3.63, 3.8) is 0 Å². The first-order valence-corrected chi connectivity index (χ1v) is 7.54. The van der Waals surface area contributed by atoms with Crippen molar-refractivity contribution in [1.29, 1.82) is 0 Å². The molecule has 2 nitrogen and oxygen atoms in total. The van der Waals surface area contributed by atoms with Crippen LogP contribution in [0.4, 0.5) is 0 Å². The van der Waals surface area contributed by atoms with E-state index in [1.165, 1.54) is 0 Å². The van der Waals surface area contributed by atoms with Gasteiger partial charge in [-0.15, -0.1) is 11.3 Å². The van der Waals surface area contributed by atoms with Crippen molar-refractivity contribution in [3.05, 3.63) is 54.9 Å². The number of carbonyl (C=O) groups is 1. The second-order valence-electron chi connectivity index (χ2n) is 3.86. The molecule has 0 saturated heterocycles. The van der Waals surface area contributed by atoms with Gasteiger partial charge in [-0.25, -0.2) is 0 Å². The summed E-state index contributed by atoms with van der Waals surface area (Å²) in [6.07, 6.45) is 1.74. The van der Waals surface area contributed by atoms with Crippen LogP contribution in [0.25, 0.3) is 10.9 Å². The van der Waals surface area contributed by atoms with Gasteiger partial charge in [-0.2, -0.15) is 0 Å². The Balaban J connectivity index is 2.14. The molecule has 2 heterocycles. The monoisotopic (exact) mass is 387 g/mol. The van der Waals surface area contributed by atoms with Gasteiger partial charge in [0.15, 0.2) is 5.78 Å². The van der Waals surface area contributed by atoms with Crippen LogP contribution in [0.3, 0.4) is 0 Å². The number of nitrogens with one attached hydrogen (secondary N) is 1. The number of fused-ring (bicyclic) bond motifs is 1. The Morgan fingerprint density at radius 3 is 2.89 bits per heavy atom. The van der Waals surface area contributed by atoms with Crippen LogP contribution in [0.1, 0.15) is 15.9 Å². The Kier molecular flexibility index (Phi) is 3.17. The second kappa shape index (κ2) is 4.68. The number of carbonyl (C=O) groups excluding carboxylic acids is 1. The maximum atomic E-state index is 12.4. The first kappa shape index (κ1) is 12.2. The average Bonchev–Trinajstić information content (AvgIpc) is 2.94. The van der Waals surface area contributed by atoms with E-state index in [9.17, 15) is 4.79 Å². The maximum Gasteiger partial charge on any atom is 0.196 e. The van der Waals surface area contributed by atoms with Crippen LogP contribution in [0.5, 0.6) is 0 Å². The number of thiophene rings is 1. The molecule has 0 spiro atoms. The van der Waals surface area contributed by atoms with Crippen LogP contribution in [-0.2, 0) is 0 Å². The van der Waals surface area contributed by atoms with Gasteiger partial charge in [0.25, 0.3) is 0 Å². The van der Waals surface area contributed by atoms with Crippen molar-refractivity contribution >= 4 is 62.2 Å². The average molecular weight is 388 g/mol. The number of H-pyrrole nitrogens is 1. The van der Waals surface area contributed by atoms with Gasteiger partial charge in [-0.3, -0.25) is 4.79 Å². The SMILES string of the molecule is O=C(c1csc(I)c1)c1c[nH]c2ccc(Cl)cc12. The summed E-state index contributed by atoms with van der Waals surface area (Å²) in [6.45, 7) is 0. The van der Waals surface area contributed by atoms with E-state index in [0.717, 1.165) is 19.4 Å². The molecule has 0 unspecified atom stereocenters. The van der Waals surface area contributed by atoms with Gasteiger partial charge in [0.1, 0.15) is 0 Å². The fourth-order valence-corrected chi connectivity index (χ4v) is 3.36. The van der Waals surface area contributed by atoms with Crippen molar-refractivity contribution in [2.24, 2.45) is 0 Å².